The van der Waals surface area contributed by atoms with Gasteiger partial charge in [-0.3, -0.25) is 4.79 Å². The van der Waals surface area contributed by atoms with E-state index in [9.17, 15) is 13.2 Å². The standard InChI is InChI=1S/C20H21ClN4O3S2/c1-3-25-18(13-30(27,28)17-9-7-14(2)8-10-17)23-24-20(25)29-12-19(26)22-16-6-4-5-15(21)11-16/h4-11H,3,12-13H2,1-2H3,(H,22,26). The van der Waals surface area contributed by atoms with E-state index in [2.05, 4.69) is 15.5 Å². The predicted octanol–water partition coefficient (Wildman–Crippen LogP) is 3.96. The van der Waals surface area contributed by atoms with Crippen molar-refractivity contribution in [2.24, 2.45) is 0 Å². The first kappa shape index (κ1) is 22.3. The Kier molecular flexibility index (Phi) is 7.17. The van der Waals surface area contributed by atoms with Gasteiger partial charge in [-0.15, -0.1) is 10.2 Å². The molecule has 10 heteroatoms. The summed E-state index contributed by atoms with van der Waals surface area (Å²) in [6.45, 7) is 4.27. The Hall–Kier alpha value is -2.36. The van der Waals surface area contributed by atoms with Gasteiger partial charge in [0.1, 0.15) is 11.6 Å². The SMILES string of the molecule is CCn1c(CS(=O)(=O)c2ccc(C)cc2)nnc1SCC(=O)Nc1cccc(Cl)c1. The summed E-state index contributed by atoms with van der Waals surface area (Å²) in [6.07, 6.45) is 0. The average Bonchev–Trinajstić information content (AvgIpc) is 3.07. The number of benzene rings is 2. The summed E-state index contributed by atoms with van der Waals surface area (Å²) in [5.41, 5.74) is 1.59. The number of aryl methyl sites for hydroxylation is 1. The minimum atomic E-state index is -3.55. The first-order chi connectivity index (χ1) is 14.3. The third-order valence-corrected chi connectivity index (χ3v) is 7.08. The fraction of sp³-hybridized carbons (Fsp3) is 0.250. The Bertz CT molecular complexity index is 1150. The van der Waals surface area contributed by atoms with E-state index in [-0.39, 0.29) is 22.3 Å². The van der Waals surface area contributed by atoms with Crippen LogP contribution < -0.4 is 5.32 Å². The number of carbonyl (C=O) groups is 1. The van der Waals surface area contributed by atoms with Gasteiger partial charge in [-0.05, 0) is 44.2 Å². The van der Waals surface area contributed by atoms with Gasteiger partial charge in [0, 0.05) is 17.3 Å². The van der Waals surface area contributed by atoms with Crippen molar-refractivity contribution >= 4 is 44.8 Å². The first-order valence-corrected chi connectivity index (χ1v) is 12.2. The number of rotatable bonds is 8. The minimum Gasteiger partial charge on any atom is -0.325 e. The molecule has 0 atom stereocenters. The number of anilines is 1. The van der Waals surface area contributed by atoms with E-state index in [1.54, 1.807) is 53.1 Å². The number of sulfone groups is 1. The summed E-state index contributed by atoms with van der Waals surface area (Å²) in [4.78, 5) is 12.5. The molecule has 2 aromatic carbocycles. The van der Waals surface area contributed by atoms with Crippen LogP contribution in [0.1, 0.15) is 18.3 Å². The number of hydrogen-bond acceptors (Lipinski definition) is 6. The Labute approximate surface area is 184 Å². The Morgan fingerprint density at radius 1 is 1.17 bits per heavy atom. The van der Waals surface area contributed by atoms with Crippen molar-refractivity contribution in [3.8, 4) is 0 Å². The molecule has 0 aliphatic heterocycles. The van der Waals surface area contributed by atoms with Gasteiger partial charge in [0.25, 0.3) is 0 Å². The van der Waals surface area contributed by atoms with Crippen molar-refractivity contribution in [1.29, 1.82) is 0 Å². The number of nitrogens with one attached hydrogen (secondary N) is 1. The van der Waals surface area contributed by atoms with Gasteiger partial charge in [-0.2, -0.15) is 0 Å². The van der Waals surface area contributed by atoms with Crippen molar-refractivity contribution in [3.05, 3.63) is 64.9 Å². The highest BCUT2D eigenvalue weighted by Crippen LogP contribution is 2.22. The zero-order chi connectivity index (χ0) is 21.7. The molecule has 0 saturated heterocycles. The third-order valence-electron chi connectivity index (χ3n) is 4.25. The zero-order valence-corrected chi connectivity index (χ0v) is 18.9. The minimum absolute atomic E-state index is 0.107. The molecule has 0 radical (unpaired) electrons. The molecular formula is C20H21ClN4O3S2. The van der Waals surface area contributed by atoms with E-state index < -0.39 is 9.84 Å². The van der Waals surface area contributed by atoms with Crippen LogP contribution in [0.15, 0.2) is 58.6 Å². The molecule has 1 heterocycles. The van der Waals surface area contributed by atoms with Crippen LogP contribution in [0.3, 0.4) is 0 Å². The van der Waals surface area contributed by atoms with Crippen LogP contribution >= 0.6 is 23.4 Å². The summed E-state index contributed by atoms with van der Waals surface area (Å²) in [5.74, 6) is -0.0285. The smallest absolute Gasteiger partial charge is 0.234 e. The average molecular weight is 465 g/mol. The summed E-state index contributed by atoms with van der Waals surface area (Å²) in [5, 5.41) is 11.9. The lowest BCUT2D eigenvalue weighted by Gasteiger charge is -2.09. The number of carbonyl (C=O) groups excluding carboxylic acids is 1. The summed E-state index contributed by atoms with van der Waals surface area (Å²) >= 11 is 7.12. The molecule has 1 N–H and O–H groups in total. The molecule has 158 valence electrons. The largest absolute Gasteiger partial charge is 0.325 e. The molecule has 0 spiro atoms. The normalized spacial score (nSPS) is 11.4. The number of hydrogen-bond donors (Lipinski definition) is 1. The Morgan fingerprint density at radius 2 is 1.90 bits per heavy atom. The monoisotopic (exact) mass is 464 g/mol. The summed E-state index contributed by atoms with van der Waals surface area (Å²) in [7, 11) is -3.55. The molecule has 0 fully saturated rings. The van der Waals surface area contributed by atoms with E-state index in [0.29, 0.717) is 28.2 Å². The molecule has 30 heavy (non-hydrogen) atoms. The van der Waals surface area contributed by atoms with E-state index >= 15 is 0 Å². The second-order valence-electron chi connectivity index (χ2n) is 6.56. The second-order valence-corrected chi connectivity index (χ2v) is 9.93. The van der Waals surface area contributed by atoms with Gasteiger partial charge in [0.15, 0.2) is 15.0 Å². The van der Waals surface area contributed by atoms with E-state index in [1.165, 1.54) is 11.8 Å². The maximum atomic E-state index is 12.7. The van der Waals surface area contributed by atoms with Crippen LogP contribution in [-0.2, 0) is 26.9 Å². The van der Waals surface area contributed by atoms with Gasteiger partial charge in [-0.25, -0.2) is 8.42 Å². The van der Waals surface area contributed by atoms with Crippen molar-refractivity contribution in [2.75, 3.05) is 11.1 Å². The van der Waals surface area contributed by atoms with Crippen molar-refractivity contribution in [3.63, 3.8) is 0 Å². The molecule has 0 aliphatic carbocycles. The third kappa shape index (κ3) is 5.62. The molecule has 0 saturated carbocycles. The number of thioether (sulfide) groups is 1. The fourth-order valence-corrected chi connectivity index (χ4v) is 5.02. The van der Waals surface area contributed by atoms with E-state index in [0.717, 1.165) is 5.56 Å². The van der Waals surface area contributed by atoms with Crippen LogP contribution in [0.4, 0.5) is 5.69 Å². The van der Waals surface area contributed by atoms with Crippen molar-refractivity contribution in [1.82, 2.24) is 14.8 Å². The number of halogens is 1. The summed E-state index contributed by atoms with van der Waals surface area (Å²) in [6, 6.07) is 13.6. The molecule has 0 aliphatic rings. The van der Waals surface area contributed by atoms with Gasteiger partial charge >= 0.3 is 0 Å². The van der Waals surface area contributed by atoms with Crippen LogP contribution in [-0.4, -0.2) is 34.8 Å². The van der Waals surface area contributed by atoms with Gasteiger partial charge in [-0.1, -0.05) is 47.1 Å². The maximum absolute atomic E-state index is 12.7. The predicted molar refractivity (Wildman–Crippen MR) is 119 cm³/mol. The van der Waals surface area contributed by atoms with Crippen molar-refractivity contribution < 1.29 is 13.2 Å². The van der Waals surface area contributed by atoms with Crippen LogP contribution in [0.5, 0.6) is 0 Å². The molecule has 0 bridgehead atoms. The highest BCUT2D eigenvalue weighted by molar-refractivity contribution is 7.99. The Morgan fingerprint density at radius 3 is 2.57 bits per heavy atom. The van der Waals surface area contributed by atoms with Crippen LogP contribution in [0.25, 0.3) is 0 Å². The molecule has 7 nitrogen and oxygen atoms in total. The quantitative estimate of drug-likeness (QED) is 0.507. The van der Waals surface area contributed by atoms with Crippen molar-refractivity contribution in [2.45, 2.75) is 36.2 Å². The van der Waals surface area contributed by atoms with Gasteiger partial charge in [0.2, 0.25) is 5.91 Å². The lowest BCUT2D eigenvalue weighted by atomic mass is 10.2. The van der Waals surface area contributed by atoms with Gasteiger partial charge < -0.3 is 9.88 Å². The van der Waals surface area contributed by atoms with Crippen LogP contribution in [0, 0.1) is 6.92 Å². The number of amides is 1. The lowest BCUT2D eigenvalue weighted by Crippen LogP contribution is -2.15. The summed E-state index contributed by atoms with van der Waals surface area (Å²) < 4.78 is 27.2. The maximum Gasteiger partial charge on any atom is 0.234 e. The topological polar surface area (TPSA) is 93.9 Å². The molecule has 3 rings (SSSR count). The first-order valence-electron chi connectivity index (χ1n) is 9.18. The number of aromatic nitrogens is 3. The van der Waals surface area contributed by atoms with E-state index in [4.69, 9.17) is 11.6 Å². The molecule has 3 aromatic rings. The molecule has 0 unspecified atom stereocenters. The fourth-order valence-electron chi connectivity index (χ4n) is 2.74. The second kappa shape index (κ2) is 9.63. The highest BCUT2D eigenvalue weighted by Gasteiger charge is 2.21. The van der Waals surface area contributed by atoms with E-state index in [1.807, 2.05) is 13.8 Å². The molecule has 1 aromatic heterocycles. The number of nitrogens with zero attached hydrogens (tertiary/aromatic N) is 3. The zero-order valence-electron chi connectivity index (χ0n) is 16.5. The molecule has 1 amide bonds. The molecular weight excluding hydrogens is 444 g/mol. The van der Waals surface area contributed by atoms with Gasteiger partial charge in [0.05, 0.1) is 10.6 Å². The lowest BCUT2D eigenvalue weighted by molar-refractivity contribution is -0.113. The Balaban J connectivity index is 1.68. The van der Waals surface area contributed by atoms with Crippen LogP contribution in [0.2, 0.25) is 5.02 Å². The highest BCUT2D eigenvalue weighted by atomic mass is 35.5.